The molecule has 0 amide bonds. The van der Waals surface area contributed by atoms with Crippen LogP contribution in [0.15, 0.2) is 389 Å². The third kappa shape index (κ3) is 10.7. The van der Waals surface area contributed by atoms with Crippen molar-refractivity contribution in [1.82, 2.24) is 48.1 Å². The molecule has 0 atom stereocenters. The van der Waals surface area contributed by atoms with Gasteiger partial charge in [0.15, 0.2) is 0 Å². The van der Waals surface area contributed by atoms with Gasteiger partial charge in [0.2, 0.25) is 0 Å². The lowest BCUT2D eigenvalue weighted by Gasteiger charge is -2.22. The summed E-state index contributed by atoms with van der Waals surface area (Å²) >= 11 is 0. The third-order valence-corrected chi connectivity index (χ3v) is 25.5. The number of hydrogen-bond donors (Lipinski definition) is 0. The first-order valence-corrected chi connectivity index (χ1v) is 41.6. The second-order valence-corrected chi connectivity index (χ2v) is 32.7. The van der Waals surface area contributed by atoms with Crippen LogP contribution in [0.5, 0.6) is 0 Å². The number of hydrogen-bond acceptors (Lipinski definition) is 7. The molecule has 568 valence electrons. The molecule has 0 spiro atoms. The van der Waals surface area contributed by atoms with Crippen molar-refractivity contribution in [2.75, 3.05) is 0 Å². The van der Waals surface area contributed by atoms with E-state index in [1.807, 2.05) is 42.9 Å². The highest BCUT2D eigenvalue weighted by atomic mass is 15.0. The van der Waals surface area contributed by atoms with Crippen LogP contribution in [0.1, 0.15) is 25.0 Å². The first-order valence-electron chi connectivity index (χ1n) is 41.6. The topological polar surface area (TPSA) is 103 Å². The Morgan fingerprint density at radius 1 is 0.213 bits per heavy atom. The minimum absolute atomic E-state index is 0.0309. The number of imidazole rings is 3. The van der Waals surface area contributed by atoms with Gasteiger partial charge in [0.25, 0.3) is 0 Å². The molecule has 0 unspecified atom stereocenters. The fraction of sp³-hybridized carbons (Fsp3) is 0.0268. The van der Waals surface area contributed by atoms with Crippen LogP contribution in [0, 0.1) is 0 Å². The molecule has 0 N–H and O–H groups in total. The molecular weight excluding hydrogens is 1490 g/mol. The van der Waals surface area contributed by atoms with E-state index in [4.69, 9.17) is 34.9 Å². The minimum atomic E-state index is -0.0309. The lowest BCUT2D eigenvalue weighted by Crippen LogP contribution is -2.14. The maximum atomic E-state index is 5.16. The van der Waals surface area contributed by atoms with Gasteiger partial charge in [0.1, 0.15) is 16.9 Å². The molecule has 0 saturated heterocycles. The van der Waals surface area contributed by atoms with Crippen molar-refractivity contribution in [1.29, 1.82) is 0 Å². The second-order valence-electron chi connectivity index (χ2n) is 32.7. The van der Waals surface area contributed by atoms with E-state index in [2.05, 4.69) is 373 Å². The molecule has 26 aromatic rings. The van der Waals surface area contributed by atoms with E-state index in [1.54, 1.807) is 0 Å². The summed E-state index contributed by atoms with van der Waals surface area (Å²) in [5.41, 5.74) is 32.2. The summed E-state index contributed by atoms with van der Waals surface area (Å²) in [4.78, 5) is 35.0. The monoisotopic (exact) mass is 1550 g/mol. The molecule has 16 aromatic carbocycles. The molecule has 0 saturated carbocycles. The summed E-state index contributed by atoms with van der Waals surface area (Å²) in [5.74, 6) is 0. The molecule has 0 aliphatic heterocycles. The van der Waals surface area contributed by atoms with Crippen molar-refractivity contribution < 1.29 is 0 Å². The molecule has 0 radical (unpaired) electrons. The molecule has 10 aromatic heterocycles. The molecule has 122 heavy (non-hydrogen) atoms. The van der Waals surface area contributed by atoms with E-state index in [0.717, 1.165) is 149 Å². The normalized spacial score (nSPS) is 12.6. The van der Waals surface area contributed by atoms with Crippen LogP contribution >= 0.6 is 0 Å². The van der Waals surface area contributed by atoms with Crippen molar-refractivity contribution in [2.45, 2.75) is 19.3 Å². The summed E-state index contributed by atoms with van der Waals surface area (Å²) in [6.45, 7) is 4.68. The average molecular weight is 1560 g/mol. The number of nitrogens with zero attached hydrogens (tertiary/aromatic N) is 10. The molecule has 1 aliphatic rings. The molecule has 10 heteroatoms. The standard InChI is InChI=1S/C38H23N3.C37H22N4.C37H25N3/c1-2-8-26-21-29(15-14-24(26)7-1)27-9-5-10-28(22-27)30-17-18-31-32-19-16-25-11-6-20-39-37(25)36(32)38-40-33-12-3-4-13-34(33)41(38)35(31)23-30;1-2-8-25-21-26(15-14-23(25)7-1)30-11-5-12-31(39-30)27-17-18-28-29-19-16-24-9-6-20-38-36(24)35(29)37-40-32-10-3-4-13-33(32)41(37)34(28)22-27;1-37(2)29-10-4-3-9-25(29)26-16-14-23(20-30(26)37)24-15-17-27-28-18-13-22-8-7-19-38-35(22)34(28)36-39-31-11-5-6-12-32(31)40(36)33(27)21-24/h1-23H;1-22H;3-21H,1-2H3. The fourth-order valence-electron chi connectivity index (χ4n) is 19.7. The Kier molecular flexibility index (Phi) is 15.2. The van der Waals surface area contributed by atoms with Crippen LogP contribution in [0.25, 0.3) is 236 Å². The number of pyridine rings is 7. The number of rotatable bonds is 5. The van der Waals surface area contributed by atoms with Crippen molar-refractivity contribution in [3.05, 3.63) is 400 Å². The van der Waals surface area contributed by atoms with Gasteiger partial charge in [-0.3, -0.25) is 28.2 Å². The van der Waals surface area contributed by atoms with Crippen molar-refractivity contribution in [3.8, 4) is 67.0 Å². The highest BCUT2D eigenvalue weighted by Gasteiger charge is 2.35. The molecule has 10 nitrogen and oxygen atoms in total. The van der Waals surface area contributed by atoms with E-state index in [9.17, 15) is 0 Å². The Bertz CT molecular complexity index is 8630. The first-order chi connectivity index (χ1) is 60.2. The highest BCUT2D eigenvalue weighted by molar-refractivity contribution is 6.25. The molecule has 27 rings (SSSR count). The quantitative estimate of drug-likeness (QED) is 0.158. The Morgan fingerprint density at radius 3 is 1.05 bits per heavy atom. The minimum Gasteiger partial charge on any atom is -0.292 e. The van der Waals surface area contributed by atoms with Crippen molar-refractivity contribution in [3.63, 3.8) is 0 Å². The zero-order valence-corrected chi connectivity index (χ0v) is 66.4. The molecular formula is C112H70N10. The van der Waals surface area contributed by atoms with E-state index < -0.39 is 0 Å². The van der Waals surface area contributed by atoms with Gasteiger partial charge >= 0.3 is 0 Å². The maximum Gasteiger partial charge on any atom is 0.148 e. The Hall–Kier alpha value is -16.2. The summed E-state index contributed by atoms with van der Waals surface area (Å²) in [7, 11) is 0. The lowest BCUT2D eigenvalue weighted by molar-refractivity contribution is 0.660. The van der Waals surface area contributed by atoms with Crippen molar-refractivity contribution >= 4 is 169 Å². The summed E-state index contributed by atoms with van der Waals surface area (Å²) in [5, 5.41) is 18.7. The van der Waals surface area contributed by atoms with Gasteiger partial charge in [-0.25, -0.2) is 19.9 Å². The van der Waals surface area contributed by atoms with Gasteiger partial charge < -0.3 is 0 Å². The molecule has 10 heterocycles. The maximum absolute atomic E-state index is 5.16. The van der Waals surface area contributed by atoms with Crippen LogP contribution in [0.3, 0.4) is 0 Å². The van der Waals surface area contributed by atoms with Gasteiger partial charge in [0.05, 0.1) is 93.7 Å². The predicted molar refractivity (Wildman–Crippen MR) is 507 cm³/mol. The number of benzene rings is 16. The van der Waals surface area contributed by atoms with Crippen LogP contribution in [-0.4, -0.2) is 48.1 Å². The number of para-hydroxylation sites is 6. The zero-order chi connectivity index (χ0) is 80.4. The Labute approximate surface area is 698 Å². The highest BCUT2D eigenvalue weighted by Crippen LogP contribution is 2.51. The fourth-order valence-corrected chi connectivity index (χ4v) is 19.7. The van der Waals surface area contributed by atoms with Gasteiger partial charge in [-0.1, -0.05) is 275 Å². The van der Waals surface area contributed by atoms with Gasteiger partial charge in [0, 0.05) is 67.4 Å². The van der Waals surface area contributed by atoms with Crippen LogP contribution in [-0.2, 0) is 5.41 Å². The smallest absolute Gasteiger partial charge is 0.148 e. The zero-order valence-electron chi connectivity index (χ0n) is 66.4. The van der Waals surface area contributed by atoms with Gasteiger partial charge in [-0.2, -0.15) is 0 Å². The number of aromatic nitrogens is 10. The first kappa shape index (κ1) is 69.0. The van der Waals surface area contributed by atoms with E-state index in [1.165, 1.54) is 98.7 Å². The summed E-state index contributed by atoms with van der Waals surface area (Å²) in [6.07, 6.45) is 5.61. The summed E-state index contributed by atoms with van der Waals surface area (Å²) < 4.78 is 6.94. The van der Waals surface area contributed by atoms with Gasteiger partial charge in [-0.05, 0) is 203 Å². The number of fused-ring (bicyclic) bond motifs is 35. The molecule has 0 bridgehead atoms. The molecule has 0 fully saturated rings. The third-order valence-electron chi connectivity index (χ3n) is 25.5. The molecule has 1 aliphatic carbocycles. The average Bonchev–Trinajstić information content (AvgIpc) is 1.53. The van der Waals surface area contributed by atoms with Crippen LogP contribution in [0.4, 0.5) is 0 Å². The van der Waals surface area contributed by atoms with E-state index >= 15 is 0 Å². The van der Waals surface area contributed by atoms with E-state index in [-0.39, 0.29) is 5.41 Å². The van der Waals surface area contributed by atoms with Crippen molar-refractivity contribution in [2.24, 2.45) is 0 Å². The summed E-state index contributed by atoms with van der Waals surface area (Å²) in [6, 6.07) is 132. The van der Waals surface area contributed by atoms with Crippen LogP contribution < -0.4 is 0 Å². The Balaban J connectivity index is 0.000000101. The largest absolute Gasteiger partial charge is 0.292 e. The second kappa shape index (κ2) is 26.9. The van der Waals surface area contributed by atoms with Gasteiger partial charge in [-0.15, -0.1) is 0 Å². The SMILES string of the molecule is CC1(C)c2ccccc2-c2ccc(-c3ccc4c5ccc6cccnc6c5c5nc6ccccc6n5c4c3)cc21.c1cc(-c2ccc3ccccc3c2)cc(-c2ccc3c4ccc5cccnc5c4c4nc5ccccc5n4c3c2)c1.c1cc(-c2ccc3ccccc3c2)nc(-c2ccc3c4ccc5cccnc5c4c4nc5ccccc5n4c3c2)c1. The Morgan fingerprint density at radius 2 is 0.549 bits per heavy atom. The van der Waals surface area contributed by atoms with Crippen LogP contribution in [0.2, 0.25) is 0 Å². The predicted octanol–water partition coefficient (Wildman–Crippen LogP) is 28.4. The van der Waals surface area contributed by atoms with E-state index in [0.29, 0.717) is 0 Å². The lowest BCUT2D eigenvalue weighted by atomic mass is 9.81.